The summed E-state index contributed by atoms with van der Waals surface area (Å²) in [7, 11) is 0. The maximum Gasteiger partial charge on any atom is 0.129 e. The van der Waals surface area contributed by atoms with E-state index in [0.29, 0.717) is 11.7 Å². The summed E-state index contributed by atoms with van der Waals surface area (Å²) in [4.78, 5) is 4.06. The highest BCUT2D eigenvalue weighted by atomic mass is 16.3. The lowest BCUT2D eigenvalue weighted by atomic mass is 9.79. The number of aromatic nitrogens is 1. The Kier molecular flexibility index (Phi) is 2.42. The fraction of sp³-hybridized carbons (Fsp3) is 0.545. The molecule has 0 amide bonds. The van der Waals surface area contributed by atoms with Crippen LogP contribution < -0.4 is 5.73 Å². The first-order valence-corrected chi connectivity index (χ1v) is 5.08. The maximum absolute atomic E-state index is 10.0. The molecule has 1 aromatic heterocycles. The summed E-state index contributed by atoms with van der Waals surface area (Å²) in [6, 6.07) is 1.94. The van der Waals surface area contributed by atoms with Crippen molar-refractivity contribution in [2.75, 3.05) is 5.73 Å². The van der Waals surface area contributed by atoms with Gasteiger partial charge in [0.05, 0.1) is 6.10 Å². The first kappa shape index (κ1) is 9.46. The minimum atomic E-state index is -0.420. The van der Waals surface area contributed by atoms with Crippen molar-refractivity contribution >= 4 is 5.82 Å². The van der Waals surface area contributed by atoms with Gasteiger partial charge < -0.3 is 10.8 Å². The van der Waals surface area contributed by atoms with Gasteiger partial charge in [0.2, 0.25) is 0 Å². The van der Waals surface area contributed by atoms with Crippen LogP contribution in [0.2, 0.25) is 0 Å². The molecule has 0 bridgehead atoms. The molecule has 3 N–H and O–H groups in total. The van der Waals surface area contributed by atoms with Crippen molar-refractivity contribution in [1.29, 1.82) is 0 Å². The second kappa shape index (κ2) is 3.58. The van der Waals surface area contributed by atoms with Crippen LogP contribution in [0.5, 0.6) is 0 Å². The molecule has 1 heterocycles. The second-order valence-corrected chi connectivity index (χ2v) is 4.12. The third kappa shape index (κ3) is 1.60. The minimum absolute atomic E-state index is 0.390. The van der Waals surface area contributed by atoms with E-state index in [1.807, 2.05) is 13.0 Å². The van der Waals surface area contributed by atoms with E-state index in [9.17, 15) is 5.11 Å². The van der Waals surface area contributed by atoms with Crippen LogP contribution in [0.3, 0.4) is 0 Å². The number of anilines is 1. The van der Waals surface area contributed by atoms with E-state index in [4.69, 9.17) is 5.73 Å². The highest BCUT2D eigenvalue weighted by Crippen LogP contribution is 2.38. The number of aliphatic hydroxyl groups excluding tert-OH is 1. The van der Waals surface area contributed by atoms with Crippen LogP contribution in [-0.4, -0.2) is 10.1 Å². The number of aryl methyl sites for hydroxylation is 1. The van der Waals surface area contributed by atoms with Gasteiger partial charge in [-0.2, -0.15) is 0 Å². The first-order chi connectivity index (χ1) is 6.68. The average Bonchev–Trinajstić information content (AvgIpc) is 2.06. The molecule has 3 heteroatoms. The normalized spacial score (nSPS) is 19.0. The number of nitrogens with two attached hydrogens (primary N) is 1. The summed E-state index contributed by atoms with van der Waals surface area (Å²) in [5, 5.41) is 10.0. The van der Waals surface area contributed by atoms with E-state index in [-0.39, 0.29) is 0 Å². The standard InChI is InChI=1S/C11H16N2O/c1-7-5-9(11(12)13-6-7)10(14)8-3-2-4-8/h5-6,8,10,14H,2-4H2,1H3,(H2,12,13). The Hall–Kier alpha value is -1.09. The van der Waals surface area contributed by atoms with Crippen molar-refractivity contribution in [2.24, 2.45) is 5.92 Å². The summed E-state index contributed by atoms with van der Waals surface area (Å²) in [6.07, 6.45) is 4.74. The molecule has 3 nitrogen and oxygen atoms in total. The Bertz CT molecular complexity index is 334. The van der Waals surface area contributed by atoms with E-state index in [0.717, 1.165) is 24.0 Å². The quantitative estimate of drug-likeness (QED) is 0.751. The molecule has 1 aliphatic rings. The number of nitrogens with zero attached hydrogens (tertiary/aromatic N) is 1. The smallest absolute Gasteiger partial charge is 0.129 e. The molecule has 2 rings (SSSR count). The zero-order valence-electron chi connectivity index (χ0n) is 8.40. The molecule has 0 radical (unpaired) electrons. The molecule has 1 atom stereocenters. The molecule has 0 saturated heterocycles. The van der Waals surface area contributed by atoms with E-state index in [1.165, 1.54) is 6.42 Å². The largest absolute Gasteiger partial charge is 0.388 e. The molecule has 1 fully saturated rings. The fourth-order valence-corrected chi connectivity index (χ4v) is 1.85. The molecule has 0 aliphatic heterocycles. The molecular formula is C11H16N2O. The van der Waals surface area contributed by atoms with Gasteiger partial charge in [0.1, 0.15) is 5.82 Å². The molecular weight excluding hydrogens is 176 g/mol. The van der Waals surface area contributed by atoms with Crippen molar-refractivity contribution in [3.63, 3.8) is 0 Å². The molecule has 0 aromatic carbocycles. The molecule has 1 saturated carbocycles. The van der Waals surface area contributed by atoms with Crippen LogP contribution in [0, 0.1) is 12.8 Å². The Morgan fingerprint density at radius 3 is 2.86 bits per heavy atom. The first-order valence-electron chi connectivity index (χ1n) is 5.08. The van der Waals surface area contributed by atoms with Crippen molar-refractivity contribution in [1.82, 2.24) is 4.98 Å². The summed E-state index contributed by atoms with van der Waals surface area (Å²) in [6.45, 7) is 1.96. The van der Waals surface area contributed by atoms with Gasteiger partial charge in [0.25, 0.3) is 0 Å². The van der Waals surface area contributed by atoms with E-state index in [1.54, 1.807) is 6.20 Å². The van der Waals surface area contributed by atoms with Crippen LogP contribution >= 0.6 is 0 Å². The number of nitrogen functional groups attached to an aromatic ring is 1. The Morgan fingerprint density at radius 2 is 2.29 bits per heavy atom. The van der Waals surface area contributed by atoms with Crippen LogP contribution in [0.4, 0.5) is 5.82 Å². The highest BCUT2D eigenvalue weighted by Gasteiger charge is 2.28. The summed E-state index contributed by atoms with van der Waals surface area (Å²) >= 11 is 0. The number of aliphatic hydroxyl groups is 1. The zero-order valence-corrected chi connectivity index (χ0v) is 8.40. The van der Waals surface area contributed by atoms with Gasteiger partial charge in [-0.05, 0) is 37.3 Å². The molecule has 1 aliphatic carbocycles. The zero-order chi connectivity index (χ0) is 10.1. The van der Waals surface area contributed by atoms with Crippen molar-refractivity contribution in [2.45, 2.75) is 32.3 Å². The number of pyridine rings is 1. The Morgan fingerprint density at radius 1 is 1.57 bits per heavy atom. The van der Waals surface area contributed by atoms with Crippen LogP contribution in [-0.2, 0) is 0 Å². The minimum Gasteiger partial charge on any atom is -0.388 e. The lowest BCUT2D eigenvalue weighted by Gasteiger charge is -2.30. The van der Waals surface area contributed by atoms with Gasteiger partial charge in [-0.25, -0.2) is 4.98 Å². The topological polar surface area (TPSA) is 59.1 Å². The number of rotatable bonds is 2. The lowest BCUT2D eigenvalue weighted by molar-refractivity contribution is 0.0624. The van der Waals surface area contributed by atoms with E-state index in [2.05, 4.69) is 4.98 Å². The Balaban J connectivity index is 2.24. The molecule has 0 spiro atoms. The second-order valence-electron chi connectivity index (χ2n) is 4.12. The highest BCUT2D eigenvalue weighted by molar-refractivity contribution is 5.42. The van der Waals surface area contributed by atoms with Crippen LogP contribution in [0.15, 0.2) is 12.3 Å². The van der Waals surface area contributed by atoms with Gasteiger partial charge in [-0.3, -0.25) is 0 Å². The lowest BCUT2D eigenvalue weighted by Crippen LogP contribution is -2.21. The molecule has 76 valence electrons. The summed E-state index contributed by atoms with van der Waals surface area (Å²) in [5.41, 5.74) is 7.59. The monoisotopic (exact) mass is 192 g/mol. The van der Waals surface area contributed by atoms with Gasteiger partial charge in [-0.1, -0.05) is 6.42 Å². The molecule has 14 heavy (non-hydrogen) atoms. The molecule has 1 aromatic rings. The fourth-order valence-electron chi connectivity index (χ4n) is 1.85. The average molecular weight is 192 g/mol. The van der Waals surface area contributed by atoms with Gasteiger partial charge in [0.15, 0.2) is 0 Å². The number of hydrogen-bond donors (Lipinski definition) is 2. The van der Waals surface area contributed by atoms with E-state index < -0.39 is 6.10 Å². The number of hydrogen-bond acceptors (Lipinski definition) is 3. The van der Waals surface area contributed by atoms with Crippen molar-refractivity contribution < 1.29 is 5.11 Å². The SMILES string of the molecule is Cc1cnc(N)c(C(O)C2CCC2)c1. The van der Waals surface area contributed by atoms with E-state index >= 15 is 0 Å². The predicted octanol–water partition coefficient (Wildman–Crippen LogP) is 1.81. The summed E-state index contributed by atoms with van der Waals surface area (Å²) in [5.74, 6) is 0.857. The third-order valence-electron chi connectivity index (χ3n) is 3.00. The van der Waals surface area contributed by atoms with Gasteiger partial charge in [-0.15, -0.1) is 0 Å². The van der Waals surface area contributed by atoms with Crippen molar-refractivity contribution in [3.05, 3.63) is 23.4 Å². The third-order valence-corrected chi connectivity index (χ3v) is 3.00. The molecule has 1 unspecified atom stereocenters. The van der Waals surface area contributed by atoms with Crippen LogP contribution in [0.25, 0.3) is 0 Å². The predicted molar refractivity (Wildman–Crippen MR) is 55.7 cm³/mol. The van der Waals surface area contributed by atoms with Gasteiger partial charge >= 0.3 is 0 Å². The van der Waals surface area contributed by atoms with Crippen molar-refractivity contribution in [3.8, 4) is 0 Å². The maximum atomic E-state index is 10.0. The summed E-state index contributed by atoms with van der Waals surface area (Å²) < 4.78 is 0. The van der Waals surface area contributed by atoms with Gasteiger partial charge in [0, 0.05) is 11.8 Å². The Labute approximate surface area is 84.0 Å². The van der Waals surface area contributed by atoms with Crippen LogP contribution in [0.1, 0.15) is 36.5 Å².